The maximum absolute atomic E-state index is 13.5. The van der Waals surface area contributed by atoms with E-state index >= 15 is 0 Å². The minimum absolute atomic E-state index is 0.0878. The van der Waals surface area contributed by atoms with Gasteiger partial charge in [-0.1, -0.05) is 45.5 Å². The molecule has 192 valence electrons. The van der Waals surface area contributed by atoms with Crippen LogP contribution >= 0.6 is 0 Å². The van der Waals surface area contributed by atoms with Gasteiger partial charge in [-0.25, -0.2) is 9.78 Å². The lowest BCUT2D eigenvalue weighted by Crippen LogP contribution is -2.52. The van der Waals surface area contributed by atoms with Crippen molar-refractivity contribution >= 4 is 11.9 Å². The average Bonchev–Trinajstić information content (AvgIpc) is 3.33. The largest absolute Gasteiger partial charge is 0.472 e. The molecule has 3 atom stereocenters. The average molecular weight is 485 g/mol. The predicted molar refractivity (Wildman–Crippen MR) is 135 cm³/mol. The van der Waals surface area contributed by atoms with Crippen molar-refractivity contribution in [1.82, 2.24) is 20.1 Å². The summed E-state index contributed by atoms with van der Waals surface area (Å²) in [6, 6.07) is 1.47. The summed E-state index contributed by atoms with van der Waals surface area (Å²) < 4.78 is 6.28. The number of aromatic nitrogens is 1. The number of aliphatic hydroxyl groups excluding tert-OH is 1. The zero-order valence-electron chi connectivity index (χ0n) is 21.7. The Morgan fingerprint density at radius 2 is 2.06 bits per heavy atom. The van der Waals surface area contributed by atoms with E-state index in [0.29, 0.717) is 30.1 Å². The van der Waals surface area contributed by atoms with Crippen molar-refractivity contribution in [3.63, 3.8) is 0 Å². The minimum Gasteiger partial charge on any atom is -0.472 e. The topological polar surface area (TPSA) is 95.0 Å². The number of urea groups is 1. The van der Waals surface area contributed by atoms with Gasteiger partial charge in [-0.05, 0) is 31.7 Å². The first kappa shape index (κ1) is 26.8. The number of rotatable bonds is 6. The van der Waals surface area contributed by atoms with E-state index in [1.54, 1.807) is 29.1 Å². The summed E-state index contributed by atoms with van der Waals surface area (Å²) >= 11 is 0. The number of ether oxygens (including phenoxy) is 1. The van der Waals surface area contributed by atoms with Crippen LogP contribution in [0.25, 0.3) is 0 Å². The van der Waals surface area contributed by atoms with E-state index in [1.165, 1.54) is 0 Å². The van der Waals surface area contributed by atoms with Crippen molar-refractivity contribution in [1.29, 1.82) is 0 Å². The van der Waals surface area contributed by atoms with Gasteiger partial charge >= 0.3 is 6.03 Å². The second kappa shape index (κ2) is 12.3. The quantitative estimate of drug-likeness (QED) is 0.605. The molecule has 0 spiro atoms. The first-order valence-electron chi connectivity index (χ1n) is 12.8. The molecule has 3 amide bonds. The molecule has 1 saturated carbocycles. The second-order valence-corrected chi connectivity index (χ2v) is 10.4. The summed E-state index contributed by atoms with van der Waals surface area (Å²) in [5, 5.41) is 12.9. The van der Waals surface area contributed by atoms with Crippen LogP contribution in [0.4, 0.5) is 4.79 Å². The van der Waals surface area contributed by atoms with Crippen LogP contribution in [-0.2, 0) is 0 Å². The van der Waals surface area contributed by atoms with Gasteiger partial charge in [-0.2, -0.15) is 0 Å². The normalized spacial score (nSPS) is 21.3. The Labute approximate surface area is 209 Å². The van der Waals surface area contributed by atoms with Crippen LogP contribution in [0.3, 0.4) is 0 Å². The number of amides is 3. The van der Waals surface area contributed by atoms with Gasteiger partial charge in [-0.15, -0.1) is 0 Å². The highest BCUT2D eigenvalue weighted by molar-refractivity contribution is 5.97. The predicted octanol–water partition coefficient (Wildman–Crippen LogP) is 3.28. The molecule has 0 aromatic carbocycles. The highest BCUT2D eigenvalue weighted by Gasteiger charge is 2.35. The van der Waals surface area contributed by atoms with Crippen LogP contribution < -0.4 is 10.1 Å². The number of fused-ring (bicyclic) bond motifs is 1. The Balaban J connectivity index is 1.85. The Hall–Kier alpha value is -2.79. The fourth-order valence-electron chi connectivity index (χ4n) is 4.45. The van der Waals surface area contributed by atoms with E-state index in [1.807, 2.05) is 13.8 Å². The van der Waals surface area contributed by atoms with Crippen LogP contribution in [0, 0.1) is 23.7 Å². The lowest BCUT2D eigenvalue weighted by Gasteiger charge is -2.37. The summed E-state index contributed by atoms with van der Waals surface area (Å²) in [7, 11) is 1.76. The van der Waals surface area contributed by atoms with Crippen LogP contribution in [0.2, 0.25) is 0 Å². The SMILES string of the molecule is CC(C)CC#Cc1cnc2c(c1)C(=O)N([C@@H](C)CO)C[C@H](C)[C@@H](CN(C)C(=O)NC1CCCC1)O2. The molecule has 1 aromatic rings. The van der Waals surface area contributed by atoms with Gasteiger partial charge in [0.2, 0.25) is 5.88 Å². The van der Waals surface area contributed by atoms with Gasteiger partial charge in [0, 0.05) is 43.7 Å². The first-order chi connectivity index (χ1) is 16.7. The maximum atomic E-state index is 13.5. The smallest absolute Gasteiger partial charge is 0.317 e. The highest BCUT2D eigenvalue weighted by atomic mass is 16.5. The van der Waals surface area contributed by atoms with E-state index in [0.717, 1.165) is 32.1 Å². The van der Waals surface area contributed by atoms with E-state index in [-0.39, 0.29) is 48.5 Å². The Morgan fingerprint density at radius 3 is 2.71 bits per heavy atom. The molecule has 2 aliphatic rings. The van der Waals surface area contributed by atoms with Crippen LogP contribution in [0.1, 0.15) is 75.7 Å². The summed E-state index contributed by atoms with van der Waals surface area (Å²) in [6.07, 6.45) is 6.34. The molecular formula is C27H40N4O4. The van der Waals surface area contributed by atoms with Gasteiger partial charge in [0.1, 0.15) is 11.7 Å². The number of nitrogens with one attached hydrogen (secondary N) is 1. The molecule has 8 heteroatoms. The summed E-state index contributed by atoms with van der Waals surface area (Å²) in [5.41, 5.74) is 0.979. The fourth-order valence-corrected chi connectivity index (χ4v) is 4.45. The molecule has 1 fully saturated rings. The standard InChI is InChI=1S/C27H40N4O4/c1-18(2)9-8-10-21-13-23-25(28-14-21)35-24(19(3)15-31(26(23)33)20(4)17-32)16-30(5)27(34)29-22-11-6-7-12-22/h13-14,18-20,22,24,32H,6-7,9,11-12,15-17H2,1-5H3,(H,29,34)/t19-,20-,24+/m0/s1. The van der Waals surface area contributed by atoms with Crippen molar-refractivity contribution in [3.8, 4) is 17.7 Å². The summed E-state index contributed by atoms with van der Waals surface area (Å²) in [5.74, 6) is 6.59. The fraction of sp³-hybridized carbons (Fsp3) is 0.667. The summed E-state index contributed by atoms with van der Waals surface area (Å²) in [6.45, 7) is 8.62. The lowest BCUT2D eigenvalue weighted by atomic mass is 10.00. The van der Waals surface area contributed by atoms with Crippen LogP contribution in [0.5, 0.6) is 5.88 Å². The van der Waals surface area contributed by atoms with Crippen LogP contribution in [-0.4, -0.2) is 76.8 Å². The zero-order valence-corrected chi connectivity index (χ0v) is 21.7. The monoisotopic (exact) mass is 484 g/mol. The van der Waals surface area contributed by atoms with E-state index in [2.05, 4.69) is 36.0 Å². The van der Waals surface area contributed by atoms with Gasteiger partial charge in [0.05, 0.1) is 19.2 Å². The number of likely N-dealkylation sites (N-methyl/N-ethyl adjacent to an activating group) is 1. The number of hydrogen-bond acceptors (Lipinski definition) is 5. The molecule has 1 aliphatic carbocycles. The molecule has 3 rings (SSSR count). The third-order valence-corrected chi connectivity index (χ3v) is 6.75. The third kappa shape index (κ3) is 7.11. The number of carbonyl (C=O) groups excluding carboxylic acids is 2. The molecule has 35 heavy (non-hydrogen) atoms. The van der Waals surface area contributed by atoms with Crippen molar-refractivity contribution in [2.24, 2.45) is 11.8 Å². The zero-order chi connectivity index (χ0) is 25.5. The maximum Gasteiger partial charge on any atom is 0.317 e. The first-order valence-corrected chi connectivity index (χ1v) is 12.8. The number of hydrogen-bond donors (Lipinski definition) is 2. The van der Waals surface area contributed by atoms with Gasteiger partial charge < -0.3 is 25.0 Å². The molecule has 2 heterocycles. The summed E-state index contributed by atoms with van der Waals surface area (Å²) in [4.78, 5) is 34.0. The molecule has 0 bridgehead atoms. The Kier molecular flexibility index (Phi) is 9.39. The van der Waals surface area contributed by atoms with E-state index in [4.69, 9.17) is 4.74 Å². The van der Waals surface area contributed by atoms with Crippen molar-refractivity contribution in [2.45, 2.75) is 78.0 Å². The molecule has 1 aliphatic heterocycles. The molecule has 1 aromatic heterocycles. The van der Waals surface area contributed by atoms with E-state index in [9.17, 15) is 14.7 Å². The van der Waals surface area contributed by atoms with Crippen LogP contribution in [0.15, 0.2) is 12.3 Å². The second-order valence-electron chi connectivity index (χ2n) is 10.4. The number of pyridine rings is 1. The lowest BCUT2D eigenvalue weighted by molar-refractivity contribution is 0.0351. The third-order valence-electron chi connectivity index (χ3n) is 6.75. The Bertz CT molecular complexity index is 948. The van der Waals surface area contributed by atoms with E-state index < -0.39 is 0 Å². The van der Waals surface area contributed by atoms with Crippen molar-refractivity contribution < 1.29 is 19.4 Å². The number of aliphatic hydroxyl groups is 1. The number of nitrogens with zero attached hydrogens (tertiary/aromatic N) is 3. The van der Waals surface area contributed by atoms with Crippen molar-refractivity contribution in [2.75, 3.05) is 26.7 Å². The Morgan fingerprint density at radius 1 is 1.34 bits per heavy atom. The van der Waals surface area contributed by atoms with Gasteiger partial charge in [0.25, 0.3) is 5.91 Å². The van der Waals surface area contributed by atoms with Gasteiger partial charge in [0.15, 0.2) is 0 Å². The number of carbonyl (C=O) groups is 2. The minimum atomic E-state index is -0.375. The molecule has 0 radical (unpaired) electrons. The highest BCUT2D eigenvalue weighted by Crippen LogP contribution is 2.27. The molecule has 8 nitrogen and oxygen atoms in total. The molecule has 2 N–H and O–H groups in total. The van der Waals surface area contributed by atoms with Gasteiger partial charge in [-0.3, -0.25) is 4.79 Å². The van der Waals surface area contributed by atoms with Crippen molar-refractivity contribution in [3.05, 3.63) is 23.4 Å². The molecule has 0 unspecified atom stereocenters. The molecular weight excluding hydrogens is 444 g/mol. The molecule has 0 saturated heterocycles.